The van der Waals surface area contributed by atoms with Crippen LogP contribution in [0.4, 0.5) is 5.69 Å². The van der Waals surface area contributed by atoms with Gasteiger partial charge in [0.2, 0.25) is 0 Å². The average molecular weight is 342 g/mol. The lowest BCUT2D eigenvalue weighted by molar-refractivity contribution is 0.0958. The molecule has 1 aromatic carbocycles. The van der Waals surface area contributed by atoms with Crippen LogP contribution < -0.4 is 10.9 Å². The van der Waals surface area contributed by atoms with E-state index in [4.69, 9.17) is 11.6 Å². The second kappa shape index (κ2) is 6.72. The molecule has 0 spiro atoms. The minimum atomic E-state index is -0.424. The number of hydrogen-bond donors (Lipinski definition) is 2. The van der Waals surface area contributed by atoms with Crippen LogP contribution in [0.3, 0.4) is 0 Å². The summed E-state index contributed by atoms with van der Waals surface area (Å²) in [7, 11) is 0. The van der Waals surface area contributed by atoms with E-state index < -0.39 is 5.91 Å². The molecular weight excluding hydrogens is 326 g/mol. The van der Waals surface area contributed by atoms with Crippen LogP contribution in [-0.4, -0.2) is 20.7 Å². The molecule has 122 valence electrons. The van der Waals surface area contributed by atoms with Gasteiger partial charge in [0.1, 0.15) is 0 Å². The Balaban J connectivity index is 1.83. The molecule has 1 amide bonds. The number of aromatic nitrogens is 3. The van der Waals surface area contributed by atoms with Gasteiger partial charge in [0.15, 0.2) is 11.5 Å². The Morgan fingerprint density at radius 1 is 1.12 bits per heavy atom. The smallest absolute Gasteiger partial charge is 0.289 e. The molecule has 2 heterocycles. The van der Waals surface area contributed by atoms with Crippen molar-refractivity contribution < 1.29 is 4.79 Å². The number of para-hydroxylation sites is 1. The Hall–Kier alpha value is -2.86. The second-order valence-electron chi connectivity index (χ2n) is 5.28. The predicted octanol–water partition coefficient (Wildman–Crippen LogP) is 3.29. The molecule has 3 aromatic rings. The maximum absolute atomic E-state index is 12.4. The van der Waals surface area contributed by atoms with Crippen molar-refractivity contribution in [1.29, 1.82) is 0 Å². The highest BCUT2D eigenvalue weighted by Gasteiger charge is 2.15. The highest BCUT2D eigenvalue weighted by molar-refractivity contribution is 6.33. The molecule has 0 aliphatic rings. The van der Waals surface area contributed by atoms with Gasteiger partial charge in [-0.25, -0.2) is 9.67 Å². The van der Waals surface area contributed by atoms with E-state index in [0.717, 1.165) is 17.1 Å². The molecule has 0 bridgehead atoms. The van der Waals surface area contributed by atoms with Crippen molar-refractivity contribution in [2.45, 2.75) is 13.8 Å². The lowest BCUT2D eigenvalue weighted by atomic mass is 10.3. The summed E-state index contributed by atoms with van der Waals surface area (Å²) in [6.07, 6.45) is 0. The Labute approximate surface area is 144 Å². The summed E-state index contributed by atoms with van der Waals surface area (Å²) in [5.74, 6) is 0.113. The number of anilines is 1. The van der Waals surface area contributed by atoms with E-state index in [1.165, 1.54) is 0 Å². The Morgan fingerprint density at radius 2 is 1.88 bits per heavy atom. The van der Waals surface area contributed by atoms with Gasteiger partial charge in [-0.1, -0.05) is 29.8 Å². The maximum atomic E-state index is 12.4. The van der Waals surface area contributed by atoms with E-state index in [-0.39, 0.29) is 10.7 Å². The normalized spacial score (nSPS) is 10.5. The second-order valence-corrected chi connectivity index (χ2v) is 5.69. The fraction of sp³-hybridized carbons (Fsp3) is 0.118. The molecule has 7 heteroatoms. The third-order valence-corrected chi connectivity index (χ3v) is 3.67. The minimum Gasteiger partial charge on any atom is -0.298 e. The van der Waals surface area contributed by atoms with E-state index >= 15 is 0 Å². The van der Waals surface area contributed by atoms with Gasteiger partial charge in [0, 0.05) is 5.69 Å². The lowest BCUT2D eigenvalue weighted by Crippen LogP contribution is -2.30. The van der Waals surface area contributed by atoms with E-state index in [0.29, 0.717) is 5.82 Å². The SMILES string of the molecule is Cc1cc(C)n(-c2ccc(Cl)c(C(=O)NNc3ccccc3)n2)n1. The van der Waals surface area contributed by atoms with Gasteiger partial charge < -0.3 is 0 Å². The summed E-state index contributed by atoms with van der Waals surface area (Å²) < 4.78 is 1.67. The molecule has 2 N–H and O–H groups in total. The molecule has 0 unspecified atom stereocenters. The summed E-state index contributed by atoms with van der Waals surface area (Å²) in [6.45, 7) is 3.82. The fourth-order valence-electron chi connectivity index (χ4n) is 2.28. The van der Waals surface area contributed by atoms with Crippen LogP contribution >= 0.6 is 11.6 Å². The monoisotopic (exact) mass is 341 g/mol. The minimum absolute atomic E-state index is 0.130. The first-order valence-electron chi connectivity index (χ1n) is 7.36. The number of nitrogens with one attached hydrogen (secondary N) is 2. The van der Waals surface area contributed by atoms with E-state index in [1.807, 2.05) is 50.2 Å². The molecule has 6 nitrogen and oxygen atoms in total. The molecule has 0 aliphatic carbocycles. The van der Waals surface area contributed by atoms with Crippen molar-refractivity contribution in [2.75, 3.05) is 5.43 Å². The Bertz CT molecular complexity index is 876. The highest BCUT2D eigenvalue weighted by Crippen LogP contribution is 2.18. The third kappa shape index (κ3) is 3.38. The van der Waals surface area contributed by atoms with Crippen molar-refractivity contribution in [3.05, 3.63) is 70.6 Å². The first-order valence-corrected chi connectivity index (χ1v) is 7.74. The molecule has 0 radical (unpaired) electrons. The van der Waals surface area contributed by atoms with Crippen LogP contribution in [0.25, 0.3) is 5.82 Å². The van der Waals surface area contributed by atoms with Crippen molar-refractivity contribution in [3.63, 3.8) is 0 Å². The van der Waals surface area contributed by atoms with E-state index in [1.54, 1.807) is 16.8 Å². The first kappa shape index (κ1) is 16.0. The number of aryl methyl sites for hydroxylation is 2. The van der Waals surface area contributed by atoms with Crippen molar-refractivity contribution >= 4 is 23.2 Å². The molecule has 0 saturated carbocycles. The quantitative estimate of drug-likeness (QED) is 0.714. The van der Waals surface area contributed by atoms with Crippen LogP contribution in [0.2, 0.25) is 5.02 Å². The molecule has 0 atom stereocenters. The lowest BCUT2D eigenvalue weighted by Gasteiger charge is -2.10. The number of hydrazine groups is 1. The Kier molecular flexibility index (Phi) is 4.48. The van der Waals surface area contributed by atoms with E-state index in [9.17, 15) is 4.79 Å². The number of benzene rings is 1. The number of carbonyl (C=O) groups excluding carboxylic acids is 1. The number of pyridine rings is 1. The zero-order chi connectivity index (χ0) is 17.1. The summed E-state index contributed by atoms with van der Waals surface area (Å²) in [4.78, 5) is 16.7. The zero-order valence-electron chi connectivity index (χ0n) is 13.2. The largest absolute Gasteiger partial charge is 0.298 e. The topological polar surface area (TPSA) is 71.8 Å². The molecule has 0 saturated heterocycles. The van der Waals surface area contributed by atoms with Gasteiger partial charge in [-0.15, -0.1) is 0 Å². The highest BCUT2D eigenvalue weighted by atomic mass is 35.5. The number of amides is 1. The Morgan fingerprint density at radius 3 is 2.54 bits per heavy atom. The molecule has 0 fully saturated rings. The average Bonchev–Trinajstić information content (AvgIpc) is 2.92. The summed E-state index contributed by atoms with van der Waals surface area (Å²) in [5, 5.41) is 4.64. The summed E-state index contributed by atoms with van der Waals surface area (Å²) in [6, 6.07) is 14.6. The molecule has 0 aliphatic heterocycles. The zero-order valence-corrected chi connectivity index (χ0v) is 14.0. The van der Waals surface area contributed by atoms with E-state index in [2.05, 4.69) is 20.9 Å². The van der Waals surface area contributed by atoms with Gasteiger partial charge in [-0.2, -0.15) is 5.10 Å². The fourth-order valence-corrected chi connectivity index (χ4v) is 2.47. The van der Waals surface area contributed by atoms with Gasteiger partial charge >= 0.3 is 0 Å². The molecule has 24 heavy (non-hydrogen) atoms. The van der Waals surface area contributed by atoms with Crippen LogP contribution in [0.5, 0.6) is 0 Å². The predicted molar refractivity (Wildman–Crippen MR) is 93.4 cm³/mol. The van der Waals surface area contributed by atoms with Crippen LogP contribution in [0.1, 0.15) is 21.9 Å². The number of halogens is 1. The third-order valence-electron chi connectivity index (χ3n) is 3.37. The number of rotatable bonds is 4. The van der Waals surface area contributed by atoms with Crippen LogP contribution in [0.15, 0.2) is 48.5 Å². The maximum Gasteiger partial charge on any atom is 0.289 e. The van der Waals surface area contributed by atoms with Gasteiger partial charge in [0.25, 0.3) is 5.91 Å². The first-order chi connectivity index (χ1) is 11.5. The molecule has 2 aromatic heterocycles. The summed E-state index contributed by atoms with van der Waals surface area (Å²) in [5.41, 5.74) is 8.11. The number of hydrogen-bond acceptors (Lipinski definition) is 4. The van der Waals surface area contributed by atoms with Gasteiger partial charge in [-0.3, -0.25) is 15.6 Å². The van der Waals surface area contributed by atoms with Gasteiger partial charge in [-0.05, 0) is 44.2 Å². The van der Waals surface area contributed by atoms with Gasteiger partial charge in [0.05, 0.1) is 16.4 Å². The standard InChI is InChI=1S/C17H16ClN5O/c1-11-10-12(2)23(22-11)15-9-8-14(18)16(19-15)17(24)21-20-13-6-4-3-5-7-13/h3-10,20H,1-2H3,(H,21,24). The molecular formula is C17H16ClN5O. The summed E-state index contributed by atoms with van der Waals surface area (Å²) >= 11 is 6.12. The number of nitrogens with zero attached hydrogens (tertiary/aromatic N) is 3. The van der Waals surface area contributed by atoms with Crippen molar-refractivity contribution in [3.8, 4) is 5.82 Å². The van der Waals surface area contributed by atoms with Crippen LogP contribution in [0, 0.1) is 13.8 Å². The van der Waals surface area contributed by atoms with Crippen LogP contribution in [-0.2, 0) is 0 Å². The van der Waals surface area contributed by atoms with Crippen molar-refractivity contribution in [2.24, 2.45) is 0 Å². The van der Waals surface area contributed by atoms with Crippen molar-refractivity contribution in [1.82, 2.24) is 20.2 Å². The number of carbonyl (C=O) groups is 1. The molecule has 3 rings (SSSR count).